The lowest BCUT2D eigenvalue weighted by Crippen LogP contribution is -2.31. The molecule has 1 atom stereocenters. The Morgan fingerprint density at radius 3 is 2.89 bits per heavy atom. The highest BCUT2D eigenvalue weighted by Crippen LogP contribution is 2.23. The number of thioether (sulfide) groups is 1. The van der Waals surface area contributed by atoms with Crippen LogP contribution in [0, 0.1) is 0 Å². The summed E-state index contributed by atoms with van der Waals surface area (Å²) >= 11 is 1.69. The quantitative estimate of drug-likeness (QED) is 0.774. The summed E-state index contributed by atoms with van der Waals surface area (Å²) in [6.07, 6.45) is 2.30. The van der Waals surface area contributed by atoms with Crippen LogP contribution in [0.25, 0.3) is 11.1 Å². The summed E-state index contributed by atoms with van der Waals surface area (Å²) < 4.78 is 5.69. The predicted octanol–water partition coefficient (Wildman–Crippen LogP) is 3.70. The summed E-state index contributed by atoms with van der Waals surface area (Å²) in [6, 6.07) is 8.43. The van der Waals surface area contributed by atoms with Crippen LogP contribution in [0.4, 0.5) is 0 Å². The number of rotatable bonds is 7. The standard InChI is InChI=1S/C14H20N2OS/c1-3-9-15-11(4-2)10-18-14-16-12-7-5-6-8-13(12)17-14/h5-8,11,15H,3-4,9-10H2,1-2H3. The summed E-state index contributed by atoms with van der Waals surface area (Å²) in [7, 11) is 0. The van der Waals surface area contributed by atoms with E-state index in [0.29, 0.717) is 6.04 Å². The zero-order valence-corrected chi connectivity index (χ0v) is 11.8. The monoisotopic (exact) mass is 264 g/mol. The van der Waals surface area contributed by atoms with E-state index in [0.717, 1.165) is 35.0 Å². The van der Waals surface area contributed by atoms with E-state index in [-0.39, 0.29) is 0 Å². The molecule has 0 aliphatic rings. The molecule has 2 aromatic rings. The lowest BCUT2D eigenvalue weighted by molar-refractivity contribution is 0.486. The van der Waals surface area contributed by atoms with Gasteiger partial charge in [-0.15, -0.1) is 0 Å². The van der Waals surface area contributed by atoms with Gasteiger partial charge in [-0.05, 0) is 31.5 Å². The van der Waals surface area contributed by atoms with Crippen LogP contribution in [0.5, 0.6) is 0 Å². The highest BCUT2D eigenvalue weighted by atomic mass is 32.2. The first-order valence-electron chi connectivity index (χ1n) is 6.55. The largest absolute Gasteiger partial charge is 0.431 e. The summed E-state index contributed by atoms with van der Waals surface area (Å²) in [5, 5.41) is 4.30. The van der Waals surface area contributed by atoms with Crippen LogP contribution in [0.3, 0.4) is 0 Å². The highest BCUT2D eigenvalue weighted by Gasteiger charge is 2.10. The Hall–Kier alpha value is -1.00. The molecule has 18 heavy (non-hydrogen) atoms. The molecule has 1 unspecified atom stereocenters. The minimum atomic E-state index is 0.532. The minimum Gasteiger partial charge on any atom is -0.431 e. The van der Waals surface area contributed by atoms with Crippen LogP contribution in [-0.2, 0) is 0 Å². The van der Waals surface area contributed by atoms with Crippen LogP contribution >= 0.6 is 11.8 Å². The Kier molecular flexibility index (Phi) is 5.08. The molecule has 98 valence electrons. The van der Waals surface area contributed by atoms with Crippen LogP contribution in [0.15, 0.2) is 33.9 Å². The Morgan fingerprint density at radius 1 is 1.33 bits per heavy atom. The van der Waals surface area contributed by atoms with E-state index in [1.165, 1.54) is 6.42 Å². The van der Waals surface area contributed by atoms with Gasteiger partial charge in [0.05, 0.1) is 0 Å². The van der Waals surface area contributed by atoms with Gasteiger partial charge in [-0.25, -0.2) is 4.98 Å². The van der Waals surface area contributed by atoms with Crippen LogP contribution < -0.4 is 5.32 Å². The third-order valence-corrected chi connectivity index (χ3v) is 3.85. The molecule has 1 N–H and O–H groups in total. The van der Waals surface area contributed by atoms with Crippen molar-refractivity contribution in [3.05, 3.63) is 24.3 Å². The van der Waals surface area contributed by atoms with Gasteiger partial charge in [0.25, 0.3) is 5.22 Å². The molecule has 1 aromatic heterocycles. The van der Waals surface area contributed by atoms with E-state index >= 15 is 0 Å². The number of hydrogen-bond acceptors (Lipinski definition) is 4. The number of para-hydroxylation sites is 2. The smallest absolute Gasteiger partial charge is 0.256 e. The Labute approximate surface area is 112 Å². The molecule has 0 aliphatic carbocycles. The SMILES string of the molecule is CCCNC(CC)CSc1nc2ccccc2o1. The van der Waals surface area contributed by atoms with Crippen LogP contribution in [-0.4, -0.2) is 23.3 Å². The van der Waals surface area contributed by atoms with Gasteiger partial charge >= 0.3 is 0 Å². The molecule has 0 amide bonds. The Bertz CT molecular complexity index is 450. The van der Waals surface area contributed by atoms with Crippen molar-refractivity contribution in [3.8, 4) is 0 Å². The molecule has 3 nitrogen and oxygen atoms in total. The van der Waals surface area contributed by atoms with Gasteiger partial charge in [-0.2, -0.15) is 0 Å². The number of hydrogen-bond donors (Lipinski definition) is 1. The zero-order chi connectivity index (χ0) is 12.8. The lowest BCUT2D eigenvalue weighted by atomic mass is 10.2. The number of benzene rings is 1. The van der Waals surface area contributed by atoms with E-state index in [1.54, 1.807) is 11.8 Å². The van der Waals surface area contributed by atoms with Crippen molar-refractivity contribution < 1.29 is 4.42 Å². The molecule has 0 radical (unpaired) electrons. The van der Waals surface area contributed by atoms with Crippen molar-refractivity contribution in [2.75, 3.05) is 12.3 Å². The van der Waals surface area contributed by atoms with E-state index in [4.69, 9.17) is 4.42 Å². The third-order valence-electron chi connectivity index (χ3n) is 2.86. The van der Waals surface area contributed by atoms with Gasteiger partial charge in [-0.3, -0.25) is 0 Å². The number of nitrogens with one attached hydrogen (secondary N) is 1. The van der Waals surface area contributed by atoms with E-state index in [1.807, 2.05) is 24.3 Å². The number of nitrogens with zero attached hydrogens (tertiary/aromatic N) is 1. The van der Waals surface area contributed by atoms with Gasteiger partial charge in [0, 0.05) is 11.8 Å². The highest BCUT2D eigenvalue weighted by molar-refractivity contribution is 7.99. The minimum absolute atomic E-state index is 0.532. The molecule has 4 heteroatoms. The zero-order valence-electron chi connectivity index (χ0n) is 11.0. The first-order chi connectivity index (χ1) is 8.83. The Balaban J connectivity index is 1.92. The maximum atomic E-state index is 5.69. The summed E-state index contributed by atoms with van der Waals surface area (Å²) in [5.41, 5.74) is 1.81. The van der Waals surface area contributed by atoms with Crippen molar-refractivity contribution >= 4 is 22.9 Å². The fourth-order valence-electron chi connectivity index (χ4n) is 1.75. The molecule has 0 saturated heterocycles. The van der Waals surface area contributed by atoms with Gasteiger partial charge in [0.15, 0.2) is 5.58 Å². The van der Waals surface area contributed by atoms with Crippen LogP contribution in [0.2, 0.25) is 0 Å². The van der Waals surface area contributed by atoms with Crippen LogP contribution in [0.1, 0.15) is 26.7 Å². The van der Waals surface area contributed by atoms with Gasteiger partial charge in [0.2, 0.25) is 0 Å². The molecule has 1 heterocycles. The average Bonchev–Trinajstić information content (AvgIpc) is 2.81. The van der Waals surface area contributed by atoms with Crippen molar-refractivity contribution in [2.24, 2.45) is 0 Å². The van der Waals surface area contributed by atoms with Crippen molar-refractivity contribution in [1.82, 2.24) is 10.3 Å². The fraction of sp³-hybridized carbons (Fsp3) is 0.500. The third kappa shape index (κ3) is 3.50. The number of aromatic nitrogens is 1. The van der Waals surface area contributed by atoms with E-state index < -0.39 is 0 Å². The summed E-state index contributed by atoms with van der Waals surface area (Å²) in [4.78, 5) is 4.47. The number of fused-ring (bicyclic) bond motifs is 1. The molecular formula is C14H20N2OS. The van der Waals surface area contributed by atoms with Gasteiger partial charge < -0.3 is 9.73 Å². The molecular weight excluding hydrogens is 244 g/mol. The first kappa shape index (κ1) is 13.4. The average molecular weight is 264 g/mol. The lowest BCUT2D eigenvalue weighted by Gasteiger charge is -2.14. The summed E-state index contributed by atoms with van der Waals surface area (Å²) in [5.74, 6) is 1.00. The molecule has 1 aromatic carbocycles. The predicted molar refractivity (Wildman–Crippen MR) is 77.1 cm³/mol. The van der Waals surface area contributed by atoms with Crippen molar-refractivity contribution in [2.45, 2.75) is 38.0 Å². The topological polar surface area (TPSA) is 38.1 Å². The molecule has 0 fully saturated rings. The van der Waals surface area contributed by atoms with Gasteiger partial charge in [0.1, 0.15) is 5.52 Å². The maximum Gasteiger partial charge on any atom is 0.256 e. The van der Waals surface area contributed by atoms with Crippen molar-refractivity contribution in [3.63, 3.8) is 0 Å². The molecule has 0 saturated carbocycles. The second kappa shape index (κ2) is 6.81. The molecule has 0 bridgehead atoms. The Morgan fingerprint density at radius 2 is 2.17 bits per heavy atom. The van der Waals surface area contributed by atoms with Gasteiger partial charge in [-0.1, -0.05) is 37.7 Å². The molecule has 0 aliphatic heterocycles. The first-order valence-corrected chi connectivity index (χ1v) is 7.53. The molecule has 0 spiro atoms. The normalized spacial score (nSPS) is 13.0. The maximum absolute atomic E-state index is 5.69. The second-order valence-corrected chi connectivity index (χ2v) is 5.29. The second-order valence-electron chi connectivity index (χ2n) is 4.32. The van der Waals surface area contributed by atoms with E-state index in [9.17, 15) is 0 Å². The van der Waals surface area contributed by atoms with E-state index in [2.05, 4.69) is 24.1 Å². The number of oxazole rings is 1. The van der Waals surface area contributed by atoms with Crippen molar-refractivity contribution in [1.29, 1.82) is 0 Å². The fourth-order valence-corrected chi connectivity index (χ4v) is 2.76. The molecule has 2 rings (SSSR count). The summed E-state index contributed by atoms with van der Waals surface area (Å²) in [6.45, 7) is 5.47.